The van der Waals surface area contributed by atoms with Gasteiger partial charge in [-0.2, -0.15) is 0 Å². The summed E-state index contributed by atoms with van der Waals surface area (Å²) in [4.78, 5) is 50.4. The van der Waals surface area contributed by atoms with E-state index in [2.05, 4.69) is 0 Å². The number of rotatable bonds is 8. The third-order valence-corrected chi connectivity index (χ3v) is 5.55. The van der Waals surface area contributed by atoms with Crippen LogP contribution in [0.3, 0.4) is 0 Å². The molecule has 8 heteroatoms. The van der Waals surface area contributed by atoms with E-state index in [0.717, 1.165) is 25.7 Å². The van der Waals surface area contributed by atoms with Crippen LogP contribution < -0.4 is 9.47 Å². The van der Waals surface area contributed by atoms with Gasteiger partial charge in [-0.05, 0) is 25.0 Å². The van der Waals surface area contributed by atoms with Gasteiger partial charge in [0.15, 0.2) is 6.61 Å². The van der Waals surface area contributed by atoms with Gasteiger partial charge in [0.25, 0.3) is 0 Å². The molecule has 1 aromatic carbocycles. The van der Waals surface area contributed by atoms with Gasteiger partial charge in [-0.15, -0.1) is 0 Å². The number of ether oxygens (including phenoxy) is 3. The van der Waals surface area contributed by atoms with E-state index in [0.29, 0.717) is 11.5 Å². The number of likely N-dealkylation sites (tertiary alicyclic amines) is 1. The van der Waals surface area contributed by atoms with E-state index in [9.17, 15) is 19.2 Å². The minimum absolute atomic E-state index is 0.0104. The van der Waals surface area contributed by atoms with Crippen LogP contribution in [0.5, 0.6) is 11.5 Å². The van der Waals surface area contributed by atoms with Crippen molar-refractivity contribution in [2.24, 2.45) is 11.8 Å². The number of amides is 2. The first-order valence-corrected chi connectivity index (χ1v) is 9.72. The zero-order valence-electron chi connectivity index (χ0n) is 16.6. The van der Waals surface area contributed by atoms with Crippen molar-refractivity contribution >= 4 is 23.6 Å². The summed E-state index contributed by atoms with van der Waals surface area (Å²) in [6.07, 6.45) is 3.23. The van der Waals surface area contributed by atoms with Crippen molar-refractivity contribution in [3.63, 3.8) is 0 Å². The van der Waals surface area contributed by atoms with Gasteiger partial charge in [-0.1, -0.05) is 12.8 Å². The Bertz CT molecular complexity index is 795. The molecule has 1 saturated carbocycles. The monoisotopic (exact) mass is 403 g/mol. The maximum Gasteiger partial charge on any atom is 0.308 e. The van der Waals surface area contributed by atoms with Crippen LogP contribution in [0.25, 0.3) is 0 Å². The highest BCUT2D eigenvalue weighted by Crippen LogP contribution is 2.38. The van der Waals surface area contributed by atoms with Crippen molar-refractivity contribution in [1.82, 2.24) is 4.90 Å². The number of esters is 1. The minimum Gasteiger partial charge on any atom is -0.497 e. The number of hydrogen-bond acceptors (Lipinski definition) is 7. The quantitative estimate of drug-likeness (QED) is 0.372. The summed E-state index contributed by atoms with van der Waals surface area (Å²) in [7, 11) is 2.93. The van der Waals surface area contributed by atoms with Crippen molar-refractivity contribution < 1.29 is 33.4 Å². The molecule has 0 spiro atoms. The molecule has 2 aliphatic rings. The fraction of sp³-hybridized carbons (Fsp3) is 0.524. The highest BCUT2D eigenvalue weighted by Gasteiger charge is 2.47. The molecule has 0 unspecified atom stereocenters. The second kappa shape index (κ2) is 9.07. The lowest BCUT2D eigenvalue weighted by Crippen LogP contribution is -2.33. The van der Waals surface area contributed by atoms with Crippen LogP contribution >= 0.6 is 0 Å². The van der Waals surface area contributed by atoms with Crippen molar-refractivity contribution in [3.8, 4) is 11.5 Å². The number of carbonyl (C=O) groups excluding carboxylic acids is 4. The zero-order valence-corrected chi connectivity index (χ0v) is 16.6. The van der Waals surface area contributed by atoms with Crippen LogP contribution in [-0.2, 0) is 19.1 Å². The molecular weight excluding hydrogens is 378 g/mol. The van der Waals surface area contributed by atoms with Gasteiger partial charge in [0, 0.05) is 12.6 Å². The number of methoxy groups -OCH3 is 2. The average Bonchev–Trinajstić information content (AvgIpc) is 3.00. The number of benzene rings is 1. The van der Waals surface area contributed by atoms with E-state index < -0.39 is 18.4 Å². The number of ketones is 1. The number of imide groups is 1. The van der Waals surface area contributed by atoms with Crippen molar-refractivity contribution in [1.29, 1.82) is 0 Å². The first-order valence-electron chi connectivity index (χ1n) is 9.72. The van der Waals surface area contributed by atoms with Gasteiger partial charge in [0.05, 0.1) is 38.0 Å². The molecule has 156 valence electrons. The van der Waals surface area contributed by atoms with Gasteiger partial charge >= 0.3 is 5.97 Å². The zero-order chi connectivity index (χ0) is 21.0. The fourth-order valence-corrected chi connectivity index (χ4v) is 3.98. The second-order valence-electron chi connectivity index (χ2n) is 7.23. The number of carbonyl (C=O) groups is 4. The van der Waals surface area contributed by atoms with Gasteiger partial charge in [-0.25, -0.2) is 0 Å². The second-order valence-corrected chi connectivity index (χ2v) is 7.23. The largest absolute Gasteiger partial charge is 0.497 e. The molecule has 3 rings (SSSR count). The summed E-state index contributed by atoms with van der Waals surface area (Å²) in [5.41, 5.74) is 0.273. The normalized spacial score (nSPS) is 21.0. The number of hydrogen-bond donors (Lipinski definition) is 0. The lowest BCUT2D eigenvalue weighted by molar-refractivity contribution is -0.145. The molecular formula is C21H25NO7. The van der Waals surface area contributed by atoms with E-state index in [1.807, 2.05) is 0 Å². The Morgan fingerprint density at radius 1 is 1.03 bits per heavy atom. The SMILES string of the molecule is COc1ccc(C(=O)COC(=O)CCN2C(=O)[C@H]3CCCC[C@@H]3C2=O)c(OC)c1. The molecule has 2 amide bonds. The molecule has 8 nitrogen and oxygen atoms in total. The van der Waals surface area contributed by atoms with E-state index in [1.165, 1.54) is 25.2 Å². The van der Waals surface area contributed by atoms with Gasteiger partial charge < -0.3 is 14.2 Å². The van der Waals surface area contributed by atoms with Crippen LogP contribution in [0.15, 0.2) is 18.2 Å². The summed E-state index contributed by atoms with van der Waals surface area (Å²) in [6.45, 7) is -0.460. The molecule has 0 radical (unpaired) electrons. The molecule has 0 aromatic heterocycles. The minimum atomic E-state index is -0.638. The molecule has 1 aromatic rings. The van der Waals surface area contributed by atoms with Gasteiger partial charge in [-0.3, -0.25) is 24.1 Å². The Balaban J connectivity index is 1.51. The molecule has 1 aliphatic heterocycles. The highest BCUT2D eigenvalue weighted by molar-refractivity contribution is 6.05. The van der Waals surface area contributed by atoms with E-state index in [-0.39, 0.29) is 42.2 Å². The van der Waals surface area contributed by atoms with Gasteiger partial charge in [0.1, 0.15) is 11.5 Å². The molecule has 29 heavy (non-hydrogen) atoms. The predicted octanol–water partition coefficient (Wildman–Crippen LogP) is 1.99. The Morgan fingerprint density at radius 3 is 2.28 bits per heavy atom. The molecule has 1 aliphatic carbocycles. The Morgan fingerprint density at radius 2 is 1.69 bits per heavy atom. The molecule has 0 bridgehead atoms. The Labute approximate surface area is 169 Å². The third kappa shape index (κ3) is 4.41. The fourth-order valence-electron chi connectivity index (χ4n) is 3.98. The van der Waals surface area contributed by atoms with E-state index >= 15 is 0 Å². The lowest BCUT2D eigenvalue weighted by atomic mass is 9.81. The van der Waals surface area contributed by atoms with Crippen molar-refractivity contribution in [2.75, 3.05) is 27.4 Å². The predicted molar refractivity (Wildman–Crippen MR) is 102 cm³/mol. The Kier molecular flexibility index (Phi) is 6.51. The van der Waals surface area contributed by atoms with Crippen LogP contribution in [0.4, 0.5) is 0 Å². The topological polar surface area (TPSA) is 99.2 Å². The smallest absolute Gasteiger partial charge is 0.308 e. The van der Waals surface area contributed by atoms with Crippen LogP contribution in [0.1, 0.15) is 42.5 Å². The summed E-state index contributed by atoms with van der Waals surface area (Å²) in [5, 5.41) is 0. The maximum absolute atomic E-state index is 12.4. The first-order chi connectivity index (χ1) is 14.0. The molecule has 1 heterocycles. The highest BCUT2D eigenvalue weighted by atomic mass is 16.5. The van der Waals surface area contributed by atoms with Crippen LogP contribution in [0, 0.1) is 11.8 Å². The van der Waals surface area contributed by atoms with Crippen molar-refractivity contribution in [2.45, 2.75) is 32.1 Å². The number of Topliss-reactive ketones (excluding diaryl/α,β-unsaturated/α-hetero) is 1. The Hall–Kier alpha value is -2.90. The lowest BCUT2D eigenvalue weighted by Gasteiger charge is -2.19. The average molecular weight is 403 g/mol. The summed E-state index contributed by atoms with van der Waals surface area (Å²) < 4.78 is 15.3. The number of fused-ring (bicyclic) bond motifs is 1. The summed E-state index contributed by atoms with van der Waals surface area (Å²) in [6, 6.07) is 4.72. The van der Waals surface area contributed by atoms with Crippen LogP contribution in [-0.4, -0.2) is 55.8 Å². The van der Waals surface area contributed by atoms with E-state index in [4.69, 9.17) is 14.2 Å². The van der Waals surface area contributed by atoms with Gasteiger partial charge in [0.2, 0.25) is 17.6 Å². The third-order valence-electron chi connectivity index (χ3n) is 5.55. The maximum atomic E-state index is 12.4. The molecule has 0 N–H and O–H groups in total. The summed E-state index contributed by atoms with van der Waals surface area (Å²) in [5.74, 6) is -1.05. The number of nitrogens with zero attached hydrogens (tertiary/aromatic N) is 1. The standard InChI is InChI=1S/C21H25NO7/c1-27-13-7-8-16(18(11-13)28-2)17(23)12-29-19(24)9-10-22-20(25)14-5-3-4-6-15(14)21(22)26/h7-8,11,14-15H,3-6,9-10,12H2,1-2H3/t14-,15-/m0/s1. The first kappa shape index (κ1) is 20.8. The van der Waals surface area contributed by atoms with Crippen LogP contribution in [0.2, 0.25) is 0 Å². The summed E-state index contributed by atoms with van der Waals surface area (Å²) >= 11 is 0. The molecule has 2 fully saturated rings. The molecule has 1 saturated heterocycles. The molecule has 2 atom stereocenters. The van der Waals surface area contributed by atoms with Crippen molar-refractivity contribution in [3.05, 3.63) is 23.8 Å². The van der Waals surface area contributed by atoms with E-state index in [1.54, 1.807) is 12.1 Å².